The van der Waals surface area contributed by atoms with Crippen LogP contribution in [0.1, 0.15) is 25.3 Å². The first-order chi connectivity index (χ1) is 8.52. The predicted molar refractivity (Wildman–Crippen MR) is 66.3 cm³/mol. The van der Waals surface area contributed by atoms with Crippen molar-refractivity contribution in [3.63, 3.8) is 0 Å². The third-order valence-electron chi connectivity index (χ3n) is 2.51. The van der Waals surface area contributed by atoms with Crippen molar-refractivity contribution in [2.45, 2.75) is 32.2 Å². The Balaban J connectivity index is 2.54. The highest BCUT2D eigenvalue weighted by Crippen LogP contribution is 2.10. The summed E-state index contributed by atoms with van der Waals surface area (Å²) in [6.07, 6.45) is 1.21. The Morgan fingerprint density at radius 2 is 1.89 bits per heavy atom. The van der Waals surface area contributed by atoms with Gasteiger partial charge in [-0.2, -0.15) is 0 Å². The largest absolute Gasteiger partial charge is 0.508 e. The zero-order valence-electron chi connectivity index (χ0n) is 10.2. The van der Waals surface area contributed by atoms with Crippen molar-refractivity contribution in [2.24, 2.45) is 0 Å². The van der Waals surface area contributed by atoms with Crippen LogP contribution >= 0.6 is 0 Å². The number of carbonyl (C=O) groups excluding carboxylic acids is 1. The average Bonchev–Trinajstić information content (AvgIpc) is 2.31. The summed E-state index contributed by atoms with van der Waals surface area (Å²) in [4.78, 5) is 22.5. The van der Waals surface area contributed by atoms with Gasteiger partial charge in [0.05, 0.1) is 6.42 Å². The lowest BCUT2D eigenvalue weighted by molar-refractivity contribution is -0.141. The summed E-state index contributed by atoms with van der Waals surface area (Å²) < 4.78 is 0. The summed E-state index contributed by atoms with van der Waals surface area (Å²) in [7, 11) is 0. The molecule has 1 rings (SSSR count). The third kappa shape index (κ3) is 4.45. The van der Waals surface area contributed by atoms with Gasteiger partial charge >= 0.3 is 5.97 Å². The van der Waals surface area contributed by atoms with Gasteiger partial charge in [0.15, 0.2) is 0 Å². The fourth-order valence-corrected chi connectivity index (χ4v) is 1.59. The van der Waals surface area contributed by atoms with Crippen LogP contribution in [0.3, 0.4) is 0 Å². The van der Waals surface area contributed by atoms with Gasteiger partial charge in [0, 0.05) is 0 Å². The lowest BCUT2D eigenvalue weighted by atomic mass is 10.1. The normalized spacial score (nSPS) is 11.8. The smallest absolute Gasteiger partial charge is 0.326 e. The van der Waals surface area contributed by atoms with E-state index in [1.807, 2.05) is 6.92 Å². The lowest BCUT2D eigenvalue weighted by Gasteiger charge is -2.13. The van der Waals surface area contributed by atoms with Gasteiger partial charge < -0.3 is 15.5 Å². The number of benzene rings is 1. The summed E-state index contributed by atoms with van der Waals surface area (Å²) in [6, 6.07) is 5.40. The molecule has 0 spiro atoms. The van der Waals surface area contributed by atoms with Crippen molar-refractivity contribution in [1.82, 2.24) is 5.32 Å². The van der Waals surface area contributed by atoms with Crippen molar-refractivity contribution >= 4 is 11.9 Å². The van der Waals surface area contributed by atoms with E-state index < -0.39 is 12.0 Å². The summed E-state index contributed by atoms with van der Waals surface area (Å²) in [5.74, 6) is -1.22. The van der Waals surface area contributed by atoms with Crippen molar-refractivity contribution in [1.29, 1.82) is 0 Å². The Morgan fingerprint density at radius 1 is 1.28 bits per heavy atom. The average molecular weight is 251 g/mol. The fraction of sp³-hybridized carbons (Fsp3) is 0.385. The summed E-state index contributed by atoms with van der Waals surface area (Å²) in [5.41, 5.74) is 0.728. The van der Waals surface area contributed by atoms with E-state index in [0.29, 0.717) is 12.8 Å². The highest BCUT2D eigenvalue weighted by Gasteiger charge is 2.18. The van der Waals surface area contributed by atoms with Gasteiger partial charge in [0.2, 0.25) is 5.91 Å². The first-order valence-electron chi connectivity index (χ1n) is 5.83. The molecule has 1 aromatic carbocycles. The highest BCUT2D eigenvalue weighted by molar-refractivity contribution is 5.84. The molecule has 5 nitrogen and oxygen atoms in total. The maximum Gasteiger partial charge on any atom is 0.326 e. The molecule has 5 heteroatoms. The molecular weight excluding hydrogens is 234 g/mol. The molecule has 3 N–H and O–H groups in total. The summed E-state index contributed by atoms with van der Waals surface area (Å²) in [6.45, 7) is 1.86. The quantitative estimate of drug-likeness (QED) is 0.711. The van der Waals surface area contributed by atoms with Gasteiger partial charge in [-0.3, -0.25) is 4.79 Å². The van der Waals surface area contributed by atoms with Gasteiger partial charge in [-0.15, -0.1) is 0 Å². The van der Waals surface area contributed by atoms with Crippen LogP contribution in [-0.2, 0) is 16.0 Å². The summed E-state index contributed by atoms with van der Waals surface area (Å²) >= 11 is 0. The molecule has 0 aliphatic carbocycles. The van der Waals surface area contributed by atoms with E-state index in [1.54, 1.807) is 12.1 Å². The first kappa shape index (κ1) is 14.0. The molecule has 0 bridgehead atoms. The van der Waals surface area contributed by atoms with Gasteiger partial charge in [0.1, 0.15) is 11.8 Å². The Labute approximate surface area is 105 Å². The molecule has 1 atom stereocenters. The molecule has 1 aromatic rings. The molecule has 0 aliphatic rings. The number of aliphatic carboxylic acids is 1. The predicted octanol–water partition coefficient (Wildman–Crippen LogP) is 1.30. The molecule has 0 unspecified atom stereocenters. The number of amides is 1. The number of phenols is 1. The van der Waals surface area contributed by atoms with E-state index in [4.69, 9.17) is 10.2 Å². The molecule has 0 radical (unpaired) electrons. The molecule has 0 saturated heterocycles. The SMILES string of the molecule is CCC[C@H](NC(=O)Cc1ccc(O)cc1)C(=O)O. The Bertz CT molecular complexity index is 414. The Kier molecular flexibility index (Phi) is 5.17. The molecule has 1 amide bonds. The molecule has 0 fully saturated rings. The van der Waals surface area contributed by atoms with Crippen LogP contribution in [0.25, 0.3) is 0 Å². The zero-order chi connectivity index (χ0) is 13.5. The first-order valence-corrected chi connectivity index (χ1v) is 5.83. The van der Waals surface area contributed by atoms with Crippen LogP contribution < -0.4 is 5.32 Å². The van der Waals surface area contributed by atoms with Crippen LogP contribution in [0, 0.1) is 0 Å². The van der Waals surface area contributed by atoms with Crippen molar-refractivity contribution in [3.05, 3.63) is 29.8 Å². The number of aromatic hydroxyl groups is 1. The van der Waals surface area contributed by atoms with E-state index in [1.165, 1.54) is 12.1 Å². The molecular formula is C13H17NO4. The number of carboxylic acids is 1. The number of rotatable bonds is 6. The summed E-state index contributed by atoms with van der Waals surface area (Å²) in [5, 5.41) is 20.5. The van der Waals surface area contributed by atoms with Gasteiger partial charge in [-0.1, -0.05) is 25.5 Å². The van der Waals surface area contributed by atoms with Crippen LogP contribution in [0.2, 0.25) is 0 Å². The lowest BCUT2D eigenvalue weighted by Crippen LogP contribution is -2.41. The van der Waals surface area contributed by atoms with E-state index in [9.17, 15) is 9.59 Å². The van der Waals surface area contributed by atoms with Crippen LogP contribution in [0.15, 0.2) is 24.3 Å². The van der Waals surface area contributed by atoms with Crippen molar-refractivity contribution in [2.75, 3.05) is 0 Å². The number of carboxylic acid groups (broad SMARTS) is 1. The maximum absolute atomic E-state index is 11.7. The topological polar surface area (TPSA) is 86.6 Å². The molecule has 0 saturated carbocycles. The van der Waals surface area contributed by atoms with E-state index >= 15 is 0 Å². The minimum atomic E-state index is -1.02. The second-order valence-electron chi connectivity index (χ2n) is 4.09. The van der Waals surface area contributed by atoms with Crippen molar-refractivity contribution < 1.29 is 19.8 Å². The van der Waals surface area contributed by atoms with E-state index in [-0.39, 0.29) is 18.1 Å². The minimum Gasteiger partial charge on any atom is -0.508 e. The van der Waals surface area contributed by atoms with Crippen molar-refractivity contribution in [3.8, 4) is 5.75 Å². The zero-order valence-corrected chi connectivity index (χ0v) is 10.2. The van der Waals surface area contributed by atoms with Gasteiger partial charge in [-0.25, -0.2) is 4.79 Å². The van der Waals surface area contributed by atoms with Gasteiger partial charge in [0.25, 0.3) is 0 Å². The standard InChI is InChI=1S/C13H17NO4/c1-2-3-11(13(17)18)14-12(16)8-9-4-6-10(15)7-5-9/h4-7,11,15H,2-3,8H2,1H3,(H,14,16)(H,17,18)/t11-/m0/s1. The molecule has 0 heterocycles. The van der Waals surface area contributed by atoms with Gasteiger partial charge in [-0.05, 0) is 24.1 Å². The Hall–Kier alpha value is -2.04. The van der Waals surface area contributed by atoms with Crippen LogP contribution in [0.4, 0.5) is 0 Å². The number of carbonyl (C=O) groups is 2. The second-order valence-corrected chi connectivity index (χ2v) is 4.09. The Morgan fingerprint density at radius 3 is 2.39 bits per heavy atom. The number of phenolic OH excluding ortho intramolecular Hbond substituents is 1. The van der Waals surface area contributed by atoms with E-state index in [0.717, 1.165) is 5.56 Å². The third-order valence-corrected chi connectivity index (χ3v) is 2.51. The van der Waals surface area contributed by atoms with Crippen LogP contribution in [0.5, 0.6) is 5.75 Å². The highest BCUT2D eigenvalue weighted by atomic mass is 16.4. The molecule has 18 heavy (non-hydrogen) atoms. The number of hydrogen-bond donors (Lipinski definition) is 3. The fourth-order valence-electron chi connectivity index (χ4n) is 1.59. The molecule has 98 valence electrons. The molecule has 0 aromatic heterocycles. The molecule has 0 aliphatic heterocycles. The monoisotopic (exact) mass is 251 g/mol. The van der Waals surface area contributed by atoms with Crippen LogP contribution in [-0.4, -0.2) is 28.1 Å². The number of hydrogen-bond acceptors (Lipinski definition) is 3. The number of nitrogens with one attached hydrogen (secondary N) is 1. The maximum atomic E-state index is 11.7. The second kappa shape index (κ2) is 6.64. The van der Waals surface area contributed by atoms with E-state index in [2.05, 4.69) is 5.32 Å². The minimum absolute atomic E-state index is 0.105.